The first-order chi connectivity index (χ1) is 27.0. The van der Waals surface area contributed by atoms with Crippen LogP contribution in [0.3, 0.4) is 0 Å². The first-order valence-corrected chi connectivity index (χ1v) is 18.8. The summed E-state index contributed by atoms with van der Waals surface area (Å²) in [5, 5.41) is 2.86. The van der Waals surface area contributed by atoms with E-state index in [4.69, 9.17) is 13.8 Å². The molecule has 10 rings (SSSR count). The molecule has 0 aliphatic rings. The Bertz CT molecular complexity index is 2860. The van der Waals surface area contributed by atoms with Gasteiger partial charge in [-0.05, 0) is 58.5 Å². The van der Waals surface area contributed by atoms with Crippen molar-refractivity contribution in [3.05, 3.63) is 175 Å². The Kier molecular flexibility index (Phi) is 10.3. The summed E-state index contributed by atoms with van der Waals surface area (Å²) in [7, 11) is 0. The van der Waals surface area contributed by atoms with E-state index in [-0.39, 0.29) is 20.1 Å². The van der Waals surface area contributed by atoms with E-state index >= 15 is 0 Å². The minimum absolute atomic E-state index is 0. The molecule has 0 bridgehead atoms. The number of imidazole rings is 1. The van der Waals surface area contributed by atoms with Crippen LogP contribution in [0.5, 0.6) is 0 Å². The summed E-state index contributed by atoms with van der Waals surface area (Å²) in [6, 6.07) is 56.1. The average Bonchev–Trinajstić information content (AvgIpc) is 3.95. The first-order valence-electron chi connectivity index (χ1n) is 18.8. The minimum atomic E-state index is 0. The van der Waals surface area contributed by atoms with Gasteiger partial charge < -0.3 is 18.4 Å². The van der Waals surface area contributed by atoms with Gasteiger partial charge >= 0.3 is 0 Å². The maximum absolute atomic E-state index is 6.66. The number of nitrogens with zero attached hydrogens (tertiary/aromatic N) is 3. The number of hydrogen-bond donors (Lipinski definition) is 0. The van der Waals surface area contributed by atoms with Crippen LogP contribution in [0.25, 0.3) is 83.6 Å². The molecule has 0 aliphatic carbocycles. The molecule has 0 amide bonds. The Morgan fingerprint density at radius 2 is 1.38 bits per heavy atom. The first kappa shape index (κ1) is 36.9. The summed E-state index contributed by atoms with van der Waals surface area (Å²) in [5.41, 5.74) is 11.9. The number of benzene rings is 6. The van der Waals surface area contributed by atoms with Crippen molar-refractivity contribution < 1.29 is 28.9 Å². The predicted octanol–water partition coefficient (Wildman–Crippen LogP) is 13.6. The molecule has 0 spiro atoms. The molecule has 5 nitrogen and oxygen atoms in total. The molecule has 4 aromatic heterocycles. The summed E-state index contributed by atoms with van der Waals surface area (Å²) in [6.45, 7) is 9.03. The van der Waals surface area contributed by atoms with Gasteiger partial charge in [0.15, 0.2) is 0 Å². The predicted molar refractivity (Wildman–Crippen MR) is 225 cm³/mol. The van der Waals surface area contributed by atoms with Gasteiger partial charge in [0, 0.05) is 48.3 Å². The number of fused-ring (bicyclic) bond motifs is 6. The van der Waals surface area contributed by atoms with Crippen LogP contribution < -0.4 is 0 Å². The number of furan rings is 2. The molecule has 4 heterocycles. The molecule has 0 fully saturated rings. The van der Waals surface area contributed by atoms with Gasteiger partial charge in [-0.2, -0.15) is 0 Å². The van der Waals surface area contributed by atoms with Crippen LogP contribution in [-0.2, 0) is 20.1 Å². The second kappa shape index (κ2) is 15.6. The average molecular weight is 906 g/mol. The van der Waals surface area contributed by atoms with Crippen molar-refractivity contribution in [1.82, 2.24) is 14.5 Å². The zero-order valence-corrected chi connectivity index (χ0v) is 34.0. The molecule has 277 valence electrons. The molecular weight excluding hydrogens is 867 g/mol. The zero-order valence-electron chi connectivity index (χ0n) is 31.6. The van der Waals surface area contributed by atoms with Crippen LogP contribution in [0.2, 0.25) is 0 Å². The molecule has 6 heteroatoms. The number of aromatic nitrogens is 3. The number of rotatable bonds is 6. The van der Waals surface area contributed by atoms with Gasteiger partial charge in [0.25, 0.3) is 0 Å². The molecule has 6 aromatic carbocycles. The van der Waals surface area contributed by atoms with Gasteiger partial charge in [0.1, 0.15) is 5.58 Å². The minimum Gasteiger partial charge on any atom is -0.499 e. The fourth-order valence-corrected chi connectivity index (χ4v) is 7.47. The van der Waals surface area contributed by atoms with E-state index in [0.29, 0.717) is 11.8 Å². The summed E-state index contributed by atoms with van der Waals surface area (Å²) in [5.74, 6) is 2.26. The molecule has 0 saturated heterocycles. The molecule has 10 aromatic rings. The van der Waals surface area contributed by atoms with Crippen molar-refractivity contribution >= 4 is 43.9 Å². The molecule has 0 atom stereocenters. The van der Waals surface area contributed by atoms with Crippen LogP contribution in [0.15, 0.2) is 161 Å². The number of hydrogen-bond acceptors (Lipinski definition) is 4. The van der Waals surface area contributed by atoms with Crippen molar-refractivity contribution in [2.45, 2.75) is 39.5 Å². The molecule has 1 radical (unpaired) electrons. The monoisotopic (exact) mass is 906 g/mol. The van der Waals surface area contributed by atoms with Crippen LogP contribution in [0.1, 0.15) is 50.7 Å². The molecule has 0 N–H and O–H groups in total. The van der Waals surface area contributed by atoms with Gasteiger partial charge in [0.05, 0.1) is 33.8 Å². The van der Waals surface area contributed by atoms with E-state index < -0.39 is 0 Å². The Labute approximate surface area is 340 Å². The van der Waals surface area contributed by atoms with Crippen molar-refractivity contribution in [2.75, 3.05) is 0 Å². The van der Waals surface area contributed by atoms with E-state index in [1.807, 2.05) is 84.9 Å². The fraction of sp³-hybridized carbons (Fsp3) is 0.120. The van der Waals surface area contributed by atoms with Gasteiger partial charge in [-0.1, -0.05) is 130 Å². The summed E-state index contributed by atoms with van der Waals surface area (Å²) in [4.78, 5) is 9.51. The maximum Gasteiger partial charge on any atom is 0.123 e. The van der Waals surface area contributed by atoms with Crippen LogP contribution in [0.4, 0.5) is 0 Å². The largest absolute Gasteiger partial charge is 0.499 e. The van der Waals surface area contributed by atoms with Crippen molar-refractivity contribution in [2.24, 2.45) is 0 Å². The fourth-order valence-electron chi connectivity index (χ4n) is 7.47. The Morgan fingerprint density at radius 1 is 0.661 bits per heavy atom. The van der Waals surface area contributed by atoms with Crippen LogP contribution >= 0.6 is 0 Å². The van der Waals surface area contributed by atoms with Gasteiger partial charge in [0.2, 0.25) is 0 Å². The molecular formula is C50H39IrN3O2-2. The quantitative estimate of drug-likeness (QED) is 0.156. The smallest absolute Gasteiger partial charge is 0.123 e. The van der Waals surface area contributed by atoms with Crippen molar-refractivity contribution in [1.29, 1.82) is 0 Å². The zero-order chi connectivity index (χ0) is 37.5. The summed E-state index contributed by atoms with van der Waals surface area (Å²) < 4.78 is 15.6. The van der Waals surface area contributed by atoms with E-state index in [9.17, 15) is 0 Å². The Hall–Kier alpha value is -6.07. The van der Waals surface area contributed by atoms with E-state index in [0.717, 1.165) is 77.9 Å². The molecule has 56 heavy (non-hydrogen) atoms. The van der Waals surface area contributed by atoms with E-state index in [2.05, 4.69) is 110 Å². The van der Waals surface area contributed by atoms with Crippen molar-refractivity contribution in [3.63, 3.8) is 0 Å². The number of pyridine rings is 1. The normalized spacial score (nSPS) is 11.4. The van der Waals surface area contributed by atoms with Crippen LogP contribution in [-0.4, -0.2) is 14.5 Å². The van der Waals surface area contributed by atoms with Crippen LogP contribution in [0, 0.1) is 12.1 Å². The standard InChI is InChI=1S/C39H31N2O2.C11H8N.Ir/c1-23(2)27-16-12-17-28(24(3)4)36(27)41-32-19-10-9-18-31(32)40-39(41)30-21-26-22-34(25-13-6-5-7-14-25)43-37(26)35-29-15-8-11-20-33(29)42-38(30)35;1-2-6-10(7-3-1)11-8-4-5-9-12-11;/h5-20,22-24H,1-4H3;1-6,8-9H;/q2*-1;. The van der Waals surface area contributed by atoms with E-state index in [1.54, 1.807) is 6.20 Å². The second-order valence-electron chi connectivity index (χ2n) is 14.4. The second-order valence-corrected chi connectivity index (χ2v) is 14.4. The third kappa shape index (κ3) is 6.66. The number of para-hydroxylation sites is 4. The topological polar surface area (TPSA) is 57.0 Å². The Balaban J connectivity index is 0.000000290. The molecule has 0 unspecified atom stereocenters. The summed E-state index contributed by atoms with van der Waals surface area (Å²) in [6.07, 6.45) is 1.79. The van der Waals surface area contributed by atoms with Crippen molar-refractivity contribution in [3.8, 4) is 39.7 Å². The summed E-state index contributed by atoms with van der Waals surface area (Å²) >= 11 is 0. The molecule has 0 aliphatic heterocycles. The third-order valence-corrected chi connectivity index (χ3v) is 10.1. The van der Waals surface area contributed by atoms with E-state index in [1.165, 1.54) is 16.8 Å². The third-order valence-electron chi connectivity index (χ3n) is 10.1. The van der Waals surface area contributed by atoms with Gasteiger partial charge in [-0.15, -0.1) is 42.0 Å². The van der Waals surface area contributed by atoms with Gasteiger partial charge in [-0.3, -0.25) is 4.98 Å². The molecule has 0 saturated carbocycles. The van der Waals surface area contributed by atoms with Gasteiger partial charge in [-0.25, -0.2) is 0 Å². The Morgan fingerprint density at radius 3 is 2.11 bits per heavy atom. The maximum atomic E-state index is 6.66. The SMILES string of the molecule is CC(C)c1cccc(C(C)C)c1-n1c(-c2[c-]c3cc(-c4ccccc4)oc3c3c2oc2ccccc23)nc2ccccc21.[Ir].[c-]1ccccc1-c1ccccn1.